The molecule has 19 heavy (non-hydrogen) atoms. The van der Waals surface area contributed by atoms with E-state index in [0.29, 0.717) is 11.5 Å². The van der Waals surface area contributed by atoms with Crippen molar-refractivity contribution >= 4 is 5.69 Å². The topological polar surface area (TPSA) is 21.3 Å². The van der Waals surface area contributed by atoms with Crippen molar-refractivity contribution in [3.63, 3.8) is 0 Å². The van der Waals surface area contributed by atoms with Crippen LogP contribution in [0.5, 0.6) is 0 Å². The lowest BCUT2D eigenvalue weighted by Crippen LogP contribution is -2.32. The number of ether oxygens (including phenoxy) is 1. The van der Waals surface area contributed by atoms with Crippen LogP contribution in [-0.2, 0) is 11.2 Å². The molecule has 0 radical (unpaired) electrons. The predicted octanol–water partition coefficient (Wildman–Crippen LogP) is 4.26. The molecule has 0 amide bonds. The third-order valence-electron chi connectivity index (χ3n) is 4.16. The molecule has 0 saturated heterocycles. The second kappa shape index (κ2) is 6.42. The average Bonchev–Trinajstić information content (AvgIpc) is 2.36. The van der Waals surface area contributed by atoms with Crippen LogP contribution in [0.3, 0.4) is 0 Å². The number of rotatable bonds is 5. The van der Waals surface area contributed by atoms with E-state index in [0.717, 1.165) is 13.0 Å². The van der Waals surface area contributed by atoms with Gasteiger partial charge in [0.2, 0.25) is 0 Å². The van der Waals surface area contributed by atoms with Crippen molar-refractivity contribution in [2.24, 2.45) is 5.41 Å². The minimum Gasteiger partial charge on any atom is -0.384 e. The van der Waals surface area contributed by atoms with Crippen LogP contribution in [0.2, 0.25) is 0 Å². The molecule has 1 aliphatic rings. The van der Waals surface area contributed by atoms with Gasteiger partial charge in [-0.3, -0.25) is 0 Å². The molecule has 1 saturated carbocycles. The molecule has 0 spiro atoms. The van der Waals surface area contributed by atoms with Crippen molar-refractivity contribution in [2.45, 2.75) is 52.0 Å². The fourth-order valence-corrected chi connectivity index (χ4v) is 3.13. The van der Waals surface area contributed by atoms with Crippen LogP contribution in [0.25, 0.3) is 0 Å². The Morgan fingerprint density at radius 1 is 1.32 bits per heavy atom. The smallest absolute Gasteiger partial charge is 0.0503 e. The molecule has 1 N–H and O–H groups in total. The summed E-state index contributed by atoms with van der Waals surface area (Å²) in [7, 11) is 1.76. The van der Waals surface area contributed by atoms with Crippen molar-refractivity contribution in [3.05, 3.63) is 29.8 Å². The Hall–Kier alpha value is -1.02. The molecule has 0 aliphatic heterocycles. The van der Waals surface area contributed by atoms with Gasteiger partial charge in [0.1, 0.15) is 0 Å². The highest BCUT2D eigenvalue weighted by Gasteiger charge is 2.27. The second-order valence-corrected chi connectivity index (χ2v) is 6.50. The molecule has 1 aliphatic carbocycles. The van der Waals surface area contributed by atoms with Crippen LogP contribution in [0, 0.1) is 5.41 Å². The Bertz CT molecular complexity index is 400. The highest BCUT2D eigenvalue weighted by Crippen LogP contribution is 2.36. The normalized spacial score (nSPS) is 22.2. The highest BCUT2D eigenvalue weighted by molar-refractivity contribution is 5.52. The molecule has 1 aromatic rings. The zero-order valence-electron chi connectivity index (χ0n) is 12.5. The largest absolute Gasteiger partial charge is 0.384 e. The Morgan fingerprint density at radius 3 is 2.84 bits per heavy atom. The van der Waals surface area contributed by atoms with Gasteiger partial charge in [-0.2, -0.15) is 0 Å². The monoisotopic (exact) mass is 261 g/mol. The van der Waals surface area contributed by atoms with E-state index in [1.165, 1.54) is 36.9 Å². The molecular formula is C17H27NO. The molecule has 0 aromatic heterocycles. The fourth-order valence-electron chi connectivity index (χ4n) is 3.13. The summed E-state index contributed by atoms with van der Waals surface area (Å²) in [5.74, 6) is 0. The first kappa shape index (κ1) is 14.4. The van der Waals surface area contributed by atoms with Gasteiger partial charge in [0.15, 0.2) is 0 Å². The minimum atomic E-state index is 0.484. The van der Waals surface area contributed by atoms with Crippen LogP contribution in [0.4, 0.5) is 5.69 Å². The van der Waals surface area contributed by atoms with Gasteiger partial charge in [0.05, 0.1) is 6.61 Å². The molecule has 2 rings (SSSR count). The van der Waals surface area contributed by atoms with E-state index in [9.17, 15) is 0 Å². The molecule has 0 bridgehead atoms. The van der Waals surface area contributed by atoms with E-state index in [1.807, 2.05) is 0 Å². The van der Waals surface area contributed by atoms with Gasteiger partial charge in [-0.1, -0.05) is 38.5 Å². The summed E-state index contributed by atoms with van der Waals surface area (Å²) in [6, 6.07) is 9.25. The first-order valence-corrected chi connectivity index (χ1v) is 7.44. The van der Waals surface area contributed by atoms with Crippen LogP contribution < -0.4 is 5.32 Å². The summed E-state index contributed by atoms with van der Waals surface area (Å²) in [6.07, 6.45) is 6.24. The van der Waals surface area contributed by atoms with Gasteiger partial charge in [0.25, 0.3) is 0 Å². The lowest BCUT2D eigenvalue weighted by atomic mass is 9.75. The van der Waals surface area contributed by atoms with Gasteiger partial charge >= 0.3 is 0 Å². The molecule has 2 heteroatoms. The zero-order valence-corrected chi connectivity index (χ0v) is 12.5. The summed E-state index contributed by atoms with van der Waals surface area (Å²) >= 11 is 0. The SMILES string of the molecule is COCCc1ccccc1NC1CCCC(C)(C)C1. The minimum absolute atomic E-state index is 0.484. The van der Waals surface area contributed by atoms with Crippen LogP contribution in [-0.4, -0.2) is 19.8 Å². The molecule has 1 fully saturated rings. The molecule has 1 unspecified atom stereocenters. The van der Waals surface area contributed by atoms with Gasteiger partial charge in [-0.25, -0.2) is 0 Å². The molecule has 1 aromatic carbocycles. The third-order valence-corrected chi connectivity index (χ3v) is 4.16. The van der Waals surface area contributed by atoms with Gasteiger partial charge in [-0.05, 0) is 42.7 Å². The van der Waals surface area contributed by atoms with Crippen LogP contribution in [0.15, 0.2) is 24.3 Å². The molecule has 106 valence electrons. The van der Waals surface area contributed by atoms with Crippen LogP contribution in [0.1, 0.15) is 45.1 Å². The standard InChI is InChI=1S/C17H27NO/c1-17(2)11-6-8-15(13-17)18-16-9-5-4-7-14(16)10-12-19-3/h4-5,7,9,15,18H,6,8,10-13H2,1-3H3. The summed E-state index contributed by atoms with van der Waals surface area (Å²) in [4.78, 5) is 0. The number of nitrogens with one attached hydrogen (secondary N) is 1. The van der Waals surface area contributed by atoms with E-state index in [1.54, 1.807) is 7.11 Å². The molecule has 2 nitrogen and oxygen atoms in total. The first-order chi connectivity index (χ1) is 9.11. The van der Waals surface area contributed by atoms with Crippen LogP contribution >= 0.6 is 0 Å². The van der Waals surface area contributed by atoms with Crippen molar-refractivity contribution < 1.29 is 4.74 Å². The Balaban J connectivity index is 2.02. The van der Waals surface area contributed by atoms with Crippen molar-refractivity contribution in [1.29, 1.82) is 0 Å². The van der Waals surface area contributed by atoms with Gasteiger partial charge in [0, 0.05) is 18.8 Å². The van der Waals surface area contributed by atoms with E-state index < -0.39 is 0 Å². The van der Waals surface area contributed by atoms with E-state index in [-0.39, 0.29) is 0 Å². The maximum atomic E-state index is 5.20. The quantitative estimate of drug-likeness (QED) is 0.855. The van der Waals surface area contributed by atoms with Crippen molar-refractivity contribution in [1.82, 2.24) is 0 Å². The Morgan fingerprint density at radius 2 is 2.11 bits per heavy atom. The maximum Gasteiger partial charge on any atom is 0.0503 e. The summed E-state index contributed by atoms with van der Waals surface area (Å²) in [5, 5.41) is 3.76. The molecular weight excluding hydrogens is 234 g/mol. The van der Waals surface area contributed by atoms with Crippen molar-refractivity contribution in [2.75, 3.05) is 19.0 Å². The first-order valence-electron chi connectivity index (χ1n) is 7.44. The lowest BCUT2D eigenvalue weighted by Gasteiger charge is -2.36. The van der Waals surface area contributed by atoms with Gasteiger partial charge < -0.3 is 10.1 Å². The number of hydrogen-bond donors (Lipinski definition) is 1. The second-order valence-electron chi connectivity index (χ2n) is 6.50. The average molecular weight is 261 g/mol. The van der Waals surface area contributed by atoms with Gasteiger partial charge in [-0.15, -0.1) is 0 Å². The number of anilines is 1. The zero-order chi connectivity index (χ0) is 13.7. The fraction of sp³-hybridized carbons (Fsp3) is 0.647. The number of methoxy groups -OCH3 is 1. The molecule has 1 atom stereocenters. The summed E-state index contributed by atoms with van der Waals surface area (Å²) in [5.41, 5.74) is 3.15. The maximum absolute atomic E-state index is 5.20. The number of para-hydroxylation sites is 1. The van der Waals surface area contributed by atoms with E-state index in [4.69, 9.17) is 4.74 Å². The predicted molar refractivity (Wildman–Crippen MR) is 81.7 cm³/mol. The number of hydrogen-bond acceptors (Lipinski definition) is 2. The lowest BCUT2D eigenvalue weighted by molar-refractivity contribution is 0.202. The van der Waals surface area contributed by atoms with E-state index in [2.05, 4.69) is 43.4 Å². The van der Waals surface area contributed by atoms with E-state index >= 15 is 0 Å². The summed E-state index contributed by atoms with van der Waals surface area (Å²) < 4.78 is 5.20. The van der Waals surface area contributed by atoms with Crippen molar-refractivity contribution in [3.8, 4) is 0 Å². The highest BCUT2D eigenvalue weighted by atomic mass is 16.5. The third kappa shape index (κ3) is 4.24. The molecule has 0 heterocycles. The Kier molecular flexibility index (Phi) is 4.87. The Labute approximate surface area is 117 Å². The summed E-state index contributed by atoms with van der Waals surface area (Å²) in [6.45, 7) is 5.56. The number of benzene rings is 1.